The summed E-state index contributed by atoms with van der Waals surface area (Å²) >= 11 is 0. The molecule has 1 N–H and O–H groups in total. The van der Waals surface area contributed by atoms with Crippen LogP contribution in [-0.2, 0) is 4.74 Å². The second kappa shape index (κ2) is 6.58. The summed E-state index contributed by atoms with van der Waals surface area (Å²) in [6.07, 6.45) is 1.79. The lowest BCUT2D eigenvalue weighted by molar-refractivity contribution is 0.102. The molecule has 1 aromatic heterocycles. The van der Waals surface area contributed by atoms with Crippen LogP contribution in [-0.4, -0.2) is 37.2 Å². The van der Waals surface area contributed by atoms with Crippen molar-refractivity contribution in [3.8, 4) is 0 Å². The van der Waals surface area contributed by atoms with Gasteiger partial charge in [-0.05, 0) is 31.2 Å². The molecule has 0 saturated carbocycles. The summed E-state index contributed by atoms with van der Waals surface area (Å²) in [6, 6.07) is 11.3. The van der Waals surface area contributed by atoms with Crippen molar-refractivity contribution in [3.63, 3.8) is 0 Å². The molecule has 22 heavy (non-hydrogen) atoms. The van der Waals surface area contributed by atoms with E-state index in [0.29, 0.717) is 11.4 Å². The first-order valence-corrected chi connectivity index (χ1v) is 7.39. The molecule has 1 aromatic carbocycles. The van der Waals surface area contributed by atoms with Gasteiger partial charge >= 0.3 is 0 Å². The number of aryl methyl sites for hydroxylation is 1. The van der Waals surface area contributed by atoms with Crippen LogP contribution in [0, 0.1) is 6.92 Å². The quantitative estimate of drug-likeness (QED) is 0.945. The fourth-order valence-corrected chi connectivity index (χ4v) is 2.44. The van der Waals surface area contributed by atoms with Gasteiger partial charge in [-0.25, -0.2) is 4.98 Å². The highest BCUT2D eigenvalue weighted by atomic mass is 16.5. The molecule has 0 atom stereocenters. The summed E-state index contributed by atoms with van der Waals surface area (Å²) < 4.78 is 5.34. The zero-order valence-corrected chi connectivity index (χ0v) is 12.6. The van der Waals surface area contributed by atoms with Crippen LogP contribution < -0.4 is 10.2 Å². The maximum Gasteiger partial charge on any atom is 0.256 e. The molecule has 2 heterocycles. The predicted molar refractivity (Wildman–Crippen MR) is 86.4 cm³/mol. The monoisotopic (exact) mass is 297 g/mol. The molecule has 0 bridgehead atoms. The van der Waals surface area contributed by atoms with Crippen molar-refractivity contribution in [1.29, 1.82) is 0 Å². The highest BCUT2D eigenvalue weighted by Gasteiger charge is 2.12. The third-order valence-electron chi connectivity index (χ3n) is 3.65. The van der Waals surface area contributed by atoms with E-state index >= 15 is 0 Å². The number of carbonyl (C=O) groups is 1. The fraction of sp³-hybridized carbons (Fsp3) is 0.294. The van der Waals surface area contributed by atoms with E-state index in [2.05, 4.69) is 15.2 Å². The van der Waals surface area contributed by atoms with Gasteiger partial charge in [-0.2, -0.15) is 0 Å². The molecule has 5 heteroatoms. The summed E-state index contributed by atoms with van der Waals surface area (Å²) in [6.45, 7) is 5.19. The Kier molecular flexibility index (Phi) is 4.34. The van der Waals surface area contributed by atoms with E-state index in [1.807, 2.05) is 37.3 Å². The van der Waals surface area contributed by atoms with Crippen molar-refractivity contribution in [3.05, 3.63) is 53.7 Å². The number of rotatable bonds is 3. The fourth-order valence-electron chi connectivity index (χ4n) is 2.44. The number of anilines is 2. The molecule has 1 aliphatic heterocycles. The molecule has 2 aromatic rings. The Morgan fingerprint density at radius 2 is 2.05 bits per heavy atom. The summed E-state index contributed by atoms with van der Waals surface area (Å²) in [5.41, 5.74) is 2.75. The van der Waals surface area contributed by atoms with Gasteiger partial charge in [0.15, 0.2) is 0 Å². The molecular weight excluding hydrogens is 278 g/mol. The van der Waals surface area contributed by atoms with E-state index in [1.165, 1.54) is 0 Å². The molecule has 5 nitrogen and oxygen atoms in total. The van der Waals surface area contributed by atoms with Crippen molar-refractivity contribution in [2.24, 2.45) is 0 Å². The third kappa shape index (κ3) is 3.43. The van der Waals surface area contributed by atoms with Gasteiger partial charge in [0, 0.05) is 18.7 Å². The second-order valence-corrected chi connectivity index (χ2v) is 5.32. The van der Waals surface area contributed by atoms with E-state index in [-0.39, 0.29) is 5.91 Å². The zero-order chi connectivity index (χ0) is 15.4. The highest BCUT2D eigenvalue weighted by Crippen LogP contribution is 2.17. The van der Waals surface area contributed by atoms with Crippen LogP contribution >= 0.6 is 0 Å². The van der Waals surface area contributed by atoms with Crippen molar-refractivity contribution >= 4 is 17.4 Å². The number of hydrogen-bond donors (Lipinski definition) is 1. The van der Waals surface area contributed by atoms with Crippen LogP contribution in [0.1, 0.15) is 15.9 Å². The topological polar surface area (TPSA) is 54.5 Å². The summed E-state index contributed by atoms with van der Waals surface area (Å²) in [4.78, 5) is 18.7. The molecule has 1 fully saturated rings. The number of benzene rings is 1. The van der Waals surface area contributed by atoms with Crippen molar-refractivity contribution < 1.29 is 9.53 Å². The maximum atomic E-state index is 12.2. The molecule has 0 spiro atoms. The molecule has 1 aliphatic rings. The van der Waals surface area contributed by atoms with Gasteiger partial charge < -0.3 is 15.0 Å². The number of carbonyl (C=O) groups excluding carboxylic acids is 1. The van der Waals surface area contributed by atoms with Crippen LogP contribution in [0.2, 0.25) is 0 Å². The number of morpholine rings is 1. The first-order chi connectivity index (χ1) is 10.7. The Hall–Kier alpha value is -2.40. The van der Waals surface area contributed by atoms with Crippen LogP contribution in [0.4, 0.5) is 11.5 Å². The largest absolute Gasteiger partial charge is 0.378 e. The molecule has 1 amide bonds. The van der Waals surface area contributed by atoms with E-state index in [9.17, 15) is 4.79 Å². The Balaban J connectivity index is 1.66. The van der Waals surface area contributed by atoms with Crippen molar-refractivity contribution in [2.45, 2.75) is 6.92 Å². The van der Waals surface area contributed by atoms with Gasteiger partial charge in [-0.1, -0.05) is 17.7 Å². The van der Waals surface area contributed by atoms with Gasteiger partial charge in [-0.3, -0.25) is 4.79 Å². The van der Waals surface area contributed by atoms with Crippen LogP contribution in [0.5, 0.6) is 0 Å². The van der Waals surface area contributed by atoms with Crippen molar-refractivity contribution in [1.82, 2.24) is 4.98 Å². The Morgan fingerprint density at radius 1 is 1.23 bits per heavy atom. The van der Waals surface area contributed by atoms with E-state index in [0.717, 1.165) is 37.6 Å². The number of amides is 1. The standard InChI is InChI=1S/C17H19N3O2/c1-13-3-2-4-14(11-13)17(21)19-16-6-5-15(12-18-16)20-7-9-22-10-8-20/h2-6,11-12H,7-10H2,1H3,(H,18,19,21). The molecule has 0 unspecified atom stereocenters. The lowest BCUT2D eigenvalue weighted by Crippen LogP contribution is -2.36. The van der Waals surface area contributed by atoms with Crippen LogP contribution in [0.3, 0.4) is 0 Å². The lowest BCUT2D eigenvalue weighted by atomic mass is 10.1. The summed E-state index contributed by atoms with van der Waals surface area (Å²) in [5.74, 6) is 0.416. The molecule has 114 valence electrons. The molecule has 1 saturated heterocycles. The van der Waals surface area contributed by atoms with E-state index in [4.69, 9.17) is 4.74 Å². The van der Waals surface area contributed by atoms with E-state index < -0.39 is 0 Å². The first-order valence-electron chi connectivity index (χ1n) is 7.39. The Bertz CT molecular complexity index is 649. The number of nitrogens with one attached hydrogen (secondary N) is 1. The van der Waals surface area contributed by atoms with Gasteiger partial charge in [0.2, 0.25) is 0 Å². The number of aromatic nitrogens is 1. The molecular formula is C17H19N3O2. The van der Waals surface area contributed by atoms with Crippen LogP contribution in [0.25, 0.3) is 0 Å². The minimum Gasteiger partial charge on any atom is -0.378 e. The smallest absolute Gasteiger partial charge is 0.256 e. The maximum absolute atomic E-state index is 12.2. The minimum atomic E-state index is -0.143. The minimum absolute atomic E-state index is 0.143. The molecule has 3 rings (SSSR count). The number of pyridine rings is 1. The van der Waals surface area contributed by atoms with E-state index in [1.54, 1.807) is 12.3 Å². The summed E-state index contributed by atoms with van der Waals surface area (Å²) in [7, 11) is 0. The number of nitrogens with zero attached hydrogens (tertiary/aromatic N) is 2. The lowest BCUT2D eigenvalue weighted by Gasteiger charge is -2.28. The highest BCUT2D eigenvalue weighted by molar-refractivity contribution is 6.03. The Morgan fingerprint density at radius 3 is 2.73 bits per heavy atom. The number of hydrogen-bond acceptors (Lipinski definition) is 4. The number of ether oxygens (including phenoxy) is 1. The first kappa shape index (κ1) is 14.5. The van der Waals surface area contributed by atoms with Gasteiger partial charge in [0.25, 0.3) is 5.91 Å². The predicted octanol–water partition coefficient (Wildman–Crippen LogP) is 2.48. The molecule has 0 radical (unpaired) electrons. The SMILES string of the molecule is Cc1cccc(C(=O)Nc2ccc(N3CCOCC3)cn2)c1. The third-order valence-corrected chi connectivity index (χ3v) is 3.65. The Labute approximate surface area is 129 Å². The normalized spacial score (nSPS) is 14.7. The summed E-state index contributed by atoms with van der Waals surface area (Å²) in [5, 5.41) is 2.82. The van der Waals surface area contributed by atoms with Gasteiger partial charge in [0.05, 0.1) is 25.1 Å². The van der Waals surface area contributed by atoms with Gasteiger partial charge in [0.1, 0.15) is 5.82 Å². The average Bonchev–Trinajstić information content (AvgIpc) is 2.56. The average molecular weight is 297 g/mol. The second-order valence-electron chi connectivity index (χ2n) is 5.32. The molecule has 0 aliphatic carbocycles. The zero-order valence-electron chi connectivity index (χ0n) is 12.6. The van der Waals surface area contributed by atoms with Gasteiger partial charge in [-0.15, -0.1) is 0 Å². The van der Waals surface area contributed by atoms with Crippen molar-refractivity contribution in [2.75, 3.05) is 36.5 Å². The van der Waals surface area contributed by atoms with Crippen LogP contribution in [0.15, 0.2) is 42.6 Å².